The first-order chi connectivity index (χ1) is 10.1. The summed E-state index contributed by atoms with van der Waals surface area (Å²) in [4.78, 5) is 6.40. The maximum Gasteiger partial charge on any atom is 0.125 e. The molecule has 2 rings (SSSR count). The van der Waals surface area contributed by atoms with Crippen LogP contribution in [0.15, 0.2) is 53.9 Å². The lowest BCUT2D eigenvalue weighted by Crippen LogP contribution is -2.13. The topological polar surface area (TPSA) is 59.4 Å². The Morgan fingerprint density at radius 3 is 2.62 bits per heavy atom. The monoisotopic (exact) mass is 283 g/mol. The van der Waals surface area contributed by atoms with Gasteiger partial charge in [0.2, 0.25) is 0 Å². The molecular formula is C16H21N5. The van der Waals surface area contributed by atoms with Gasteiger partial charge in [0.15, 0.2) is 0 Å². The van der Waals surface area contributed by atoms with Gasteiger partial charge in [-0.05, 0) is 30.7 Å². The minimum Gasteiger partial charge on any atom is -0.384 e. The maximum atomic E-state index is 5.88. The Balaban J connectivity index is 2.10. The minimum absolute atomic E-state index is 0.490. The average Bonchev–Trinajstić information content (AvgIpc) is 2.92. The highest BCUT2D eigenvalue weighted by Gasteiger charge is 2.00. The zero-order valence-electron chi connectivity index (χ0n) is 12.7. The van der Waals surface area contributed by atoms with Crippen molar-refractivity contribution in [3.05, 3.63) is 48.9 Å². The Bertz CT molecular complexity index is 637. The molecule has 0 atom stereocenters. The first kappa shape index (κ1) is 14.8. The Morgan fingerprint density at radius 1 is 1.33 bits per heavy atom. The number of amidine groups is 1. The number of rotatable bonds is 5. The lowest BCUT2D eigenvalue weighted by Gasteiger charge is -2.08. The van der Waals surface area contributed by atoms with Crippen LogP contribution in [0.2, 0.25) is 0 Å². The van der Waals surface area contributed by atoms with E-state index in [-0.39, 0.29) is 0 Å². The Hall–Kier alpha value is -2.56. The lowest BCUT2D eigenvalue weighted by atomic mass is 10.1. The lowest BCUT2D eigenvalue weighted by molar-refractivity contribution is 0.484. The normalized spacial score (nSPS) is 12.0. The number of aryl methyl sites for hydroxylation is 1. The quantitative estimate of drug-likeness (QED) is 0.677. The molecule has 110 valence electrons. The molecule has 0 saturated carbocycles. The molecule has 0 amide bonds. The van der Waals surface area contributed by atoms with E-state index in [1.807, 2.05) is 61.9 Å². The van der Waals surface area contributed by atoms with Crippen molar-refractivity contribution < 1.29 is 0 Å². The van der Waals surface area contributed by atoms with Crippen molar-refractivity contribution in [2.75, 3.05) is 13.6 Å². The van der Waals surface area contributed by atoms with E-state index in [0.29, 0.717) is 5.84 Å². The Kier molecular flexibility index (Phi) is 4.77. The van der Waals surface area contributed by atoms with E-state index in [1.165, 1.54) is 0 Å². The summed E-state index contributed by atoms with van der Waals surface area (Å²) in [6.07, 6.45) is 7.55. The first-order valence-corrected chi connectivity index (χ1v) is 6.90. The van der Waals surface area contributed by atoms with E-state index in [2.05, 4.69) is 17.0 Å². The van der Waals surface area contributed by atoms with Crippen LogP contribution in [-0.2, 0) is 7.05 Å². The third-order valence-electron chi connectivity index (χ3n) is 3.16. The highest BCUT2D eigenvalue weighted by atomic mass is 15.2. The van der Waals surface area contributed by atoms with E-state index in [0.717, 1.165) is 23.4 Å². The van der Waals surface area contributed by atoms with Gasteiger partial charge in [-0.2, -0.15) is 5.10 Å². The SMILES string of the molecule is CCN(C)/C=C\C(N)=Nc1ccc(-c2cnn(C)c2)cc1. The van der Waals surface area contributed by atoms with Gasteiger partial charge in [0, 0.05) is 38.6 Å². The Morgan fingerprint density at radius 2 is 2.05 bits per heavy atom. The van der Waals surface area contributed by atoms with Gasteiger partial charge in [-0.1, -0.05) is 12.1 Å². The minimum atomic E-state index is 0.490. The molecule has 1 aromatic carbocycles. The molecule has 2 N–H and O–H groups in total. The van der Waals surface area contributed by atoms with Crippen LogP contribution in [0.3, 0.4) is 0 Å². The van der Waals surface area contributed by atoms with Gasteiger partial charge in [-0.25, -0.2) is 4.99 Å². The summed E-state index contributed by atoms with van der Waals surface area (Å²) in [5.74, 6) is 0.490. The van der Waals surface area contributed by atoms with E-state index in [1.54, 1.807) is 10.8 Å². The molecule has 1 aromatic heterocycles. The van der Waals surface area contributed by atoms with Crippen molar-refractivity contribution in [1.82, 2.24) is 14.7 Å². The summed E-state index contributed by atoms with van der Waals surface area (Å²) in [7, 11) is 3.90. The second kappa shape index (κ2) is 6.74. The molecule has 5 nitrogen and oxygen atoms in total. The van der Waals surface area contributed by atoms with Gasteiger partial charge in [0.05, 0.1) is 11.9 Å². The van der Waals surface area contributed by atoms with Gasteiger partial charge < -0.3 is 10.6 Å². The number of aromatic nitrogens is 2. The van der Waals surface area contributed by atoms with Crippen molar-refractivity contribution >= 4 is 11.5 Å². The van der Waals surface area contributed by atoms with Crippen LogP contribution in [0.4, 0.5) is 5.69 Å². The summed E-state index contributed by atoms with van der Waals surface area (Å²) in [6.45, 7) is 3.01. The molecule has 0 aliphatic carbocycles. The Labute approximate surface area is 125 Å². The molecule has 0 fully saturated rings. The van der Waals surface area contributed by atoms with Crippen molar-refractivity contribution in [2.45, 2.75) is 6.92 Å². The van der Waals surface area contributed by atoms with Crippen LogP contribution in [0.5, 0.6) is 0 Å². The van der Waals surface area contributed by atoms with Gasteiger partial charge in [-0.15, -0.1) is 0 Å². The fourth-order valence-corrected chi connectivity index (χ4v) is 1.79. The predicted molar refractivity (Wildman–Crippen MR) is 87.4 cm³/mol. The van der Waals surface area contributed by atoms with Crippen LogP contribution in [0, 0.1) is 0 Å². The number of hydrogen-bond donors (Lipinski definition) is 1. The van der Waals surface area contributed by atoms with Crippen LogP contribution >= 0.6 is 0 Å². The predicted octanol–water partition coefficient (Wildman–Crippen LogP) is 2.54. The van der Waals surface area contributed by atoms with Crippen LogP contribution in [-0.4, -0.2) is 34.1 Å². The van der Waals surface area contributed by atoms with Crippen molar-refractivity contribution in [2.24, 2.45) is 17.8 Å². The third-order valence-corrected chi connectivity index (χ3v) is 3.16. The van der Waals surface area contributed by atoms with Gasteiger partial charge in [-0.3, -0.25) is 4.68 Å². The molecule has 21 heavy (non-hydrogen) atoms. The van der Waals surface area contributed by atoms with Gasteiger partial charge in [0.25, 0.3) is 0 Å². The van der Waals surface area contributed by atoms with Gasteiger partial charge >= 0.3 is 0 Å². The van der Waals surface area contributed by atoms with Crippen LogP contribution in [0.25, 0.3) is 11.1 Å². The van der Waals surface area contributed by atoms with E-state index in [9.17, 15) is 0 Å². The second-order valence-electron chi connectivity index (χ2n) is 4.88. The van der Waals surface area contributed by atoms with Crippen molar-refractivity contribution in [1.29, 1.82) is 0 Å². The largest absolute Gasteiger partial charge is 0.384 e. The second-order valence-corrected chi connectivity index (χ2v) is 4.88. The maximum absolute atomic E-state index is 5.88. The third kappa shape index (κ3) is 4.21. The molecule has 5 heteroatoms. The molecule has 0 radical (unpaired) electrons. The fourth-order valence-electron chi connectivity index (χ4n) is 1.79. The standard InChI is InChI=1S/C16H21N5/c1-4-20(2)10-9-16(17)19-15-7-5-13(6-8-15)14-11-18-21(3)12-14/h5-12H,4H2,1-3H3,(H2,17,19)/b10-9-. The number of hydrogen-bond acceptors (Lipinski definition) is 3. The molecular weight excluding hydrogens is 262 g/mol. The summed E-state index contributed by atoms with van der Waals surface area (Å²) in [5, 5.41) is 4.17. The van der Waals surface area contributed by atoms with Crippen LogP contribution < -0.4 is 5.73 Å². The molecule has 0 saturated heterocycles. The zero-order valence-corrected chi connectivity index (χ0v) is 12.7. The smallest absolute Gasteiger partial charge is 0.125 e. The molecule has 1 heterocycles. The molecule has 0 bridgehead atoms. The van der Waals surface area contributed by atoms with Crippen molar-refractivity contribution in [3.8, 4) is 11.1 Å². The molecule has 0 unspecified atom stereocenters. The summed E-state index contributed by atoms with van der Waals surface area (Å²) >= 11 is 0. The first-order valence-electron chi connectivity index (χ1n) is 6.90. The number of nitrogens with two attached hydrogens (primary N) is 1. The molecule has 0 aliphatic heterocycles. The number of benzene rings is 1. The average molecular weight is 283 g/mol. The highest BCUT2D eigenvalue weighted by Crippen LogP contribution is 2.21. The van der Waals surface area contributed by atoms with Crippen molar-refractivity contribution in [3.63, 3.8) is 0 Å². The van der Waals surface area contributed by atoms with Gasteiger partial charge in [0.1, 0.15) is 5.84 Å². The fraction of sp³-hybridized carbons (Fsp3) is 0.250. The van der Waals surface area contributed by atoms with Crippen LogP contribution in [0.1, 0.15) is 6.92 Å². The number of aliphatic imine (C=N–C) groups is 1. The molecule has 0 aliphatic rings. The molecule has 2 aromatic rings. The summed E-state index contributed by atoms with van der Waals surface area (Å²) in [6, 6.07) is 7.94. The summed E-state index contributed by atoms with van der Waals surface area (Å²) < 4.78 is 1.79. The van der Waals surface area contributed by atoms with E-state index < -0.39 is 0 Å². The zero-order chi connectivity index (χ0) is 15.2. The number of nitrogens with zero attached hydrogens (tertiary/aromatic N) is 4. The highest BCUT2D eigenvalue weighted by molar-refractivity contribution is 5.93. The summed E-state index contributed by atoms with van der Waals surface area (Å²) in [5.41, 5.74) is 8.92. The van der Waals surface area contributed by atoms with E-state index in [4.69, 9.17) is 5.73 Å². The van der Waals surface area contributed by atoms with E-state index >= 15 is 0 Å². The molecule has 0 spiro atoms.